The Labute approximate surface area is 139 Å². The fourth-order valence-electron chi connectivity index (χ4n) is 3.30. The molecule has 0 radical (unpaired) electrons. The minimum atomic E-state index is -0.0216. The number of thiophene rings is 1. The molecule has 1 aromatic carbocycles. The summed E-state index contributed by atoms with van der Waals surface area (Å²) in [6, 6.07) is 7.69. The Morgan fingerprint density at radius 1 is 1.35 bits per heavy atom. The molecule has 1 aliphatic heterocycles. The number of carbonyl (C=O) groups is 1. The van der Waals surface area contributed by atoms with E-state index in [4.69, 9.17) is 9.47 Å². The van der Waals surface area contributed by atoms with Crippen molar-refractivity contribution in [1.82, 2.24) is 0 Å². The zero-order valence-corrected chi connectivity index (χ0v) is 14.1. The SMILES string of the molecule is COc1ccc2c(c1)N(C(=O)c1cc3c(s1)CCC3)CC(C)O2. The molecule has 1 unspecified atom stereocenters. The summed E-state index contributed by atoms with van der Waals surface area (Å²) in [6.07, 6.45) is 3.40. The van der Waals surface area contributed by atoms with Gasteiger partial charge in [-0.25, -0.2) is 0 Å². The number of hydrogen-bond donors (Lipinski definition) is 0. The second kappa shape index (κ2) is 5.57. The Balaban J connectivity index is 1.71. The summed E-state index contributed by atoms with van der Waals surface area (Å²) in [6.45, 7) is 2.55. The van der Waals surface area contributed by atoms with Crippen LogP contribution in [0.5, 0.6) is 11.5 Å². The number of nitrogens with zero attached hydrogens (tertiary/aromatic N) is 1. The van der Waals surface area contributed by atoms with E-state index >= 15 is 0 Å². The van der Waals surface area contributed by atoms with Crippen molar-refractivity contribution >= 4 is 22.9 Å². The van der Waals surface area contributed by atoms with Crippen molar-refractivity contribution in [1.29, 1.82) is 0 Å². The number of carbonyl (C=O) groups excluding carboxylic acids is 1. The molecule has 0 saturated carbocycles. The van der Waals surface area contributed by atoms with Crippen molar-refractivity contribution in [2.75, 3.05) is 18.6 Å². The first-order valence-electron chi connectivity index (χ1n) is 7.94. The molecule has 1 aliphatic carbocycles. The summed E-state index contributed by atoms with van der Waals surface area (Å²) in [5.41, 5.74) is 2.14. The number of anilines is 1. The summed E-state index contributed by atoms with van der Waals surface area (Å²) in [7, 11) is 1.63. The van der Waals surface area contributed by atoms with E-state index in [-0.39, 0.29) is 12.0 Å². The maximum absolute atomic E-state index is 13.1. The highest BCUT2D eigenvalue weighted by atomic mass is 32.1. The van der Waals surface area contributed by atoms with E-state index in [1.165, 1.54) is 16.9 Å². The minimum Gasteiger partial charge on any atom is -0.497 e. The van der Waals surface area contributed by atoms with E-state index in [1.807, 2.05) is 30.0 Å². The van der Waals surface area contributed by atoms with E-state index in [2.05, 4.69) is 6.07 Å². The van der Waals surface area contributed by atoms with E-state index < -0.39 is 0 Å². The number of methoxy groups -OCH3 is 1. The monoisotopic (exact) mass is 329 g/mol. The summed E-state index contributed by atoms with van der Waals surface area (Å²) in [4.78, 5) is 17.1. The molecular formula is C18H19NO3S. The Hall–Kier alpha value is -2.01. The van der Waals surface area contributed by atoms with E-state index in [9.17, 15) is 4.79 Å². The molecule has 0 fully saturated rings. The van der Waals surface area contributed by atoms with Crippen molar-refractivity contribution < 1.29 is 14.3 Å². The van der Waals surface area contributed by atoms with Crippen molar-refractivity contribution in [2.24, 2.45) is 0 Å². The van der Waals surface area contributed by atoms with Crippen LogP contribution in [-0.2, 0) is 12.8 Å². The van der Waals surface area contributed by atoms with Gasteiger partial charge in [-0.3, -0.25) is 4.79 Å². The standard InChI is InChI=1S/C18H19NO3S/c1-11-10-19(14-9-13(21-2)6-7-15(14)22-11)18(20)17-8-12-4-3-5-16(12)23-17/h6-9,11H,3-5,10H2,1-2H3. The molecule has 2 heterocycles. The van der Waals surface area contributed by atoms with Crippen LogP contribution >= 0.6 is 11.3 Å². The van der Waals surface area contributed by atoms with Gasteiger partial charge in [0.1, 0.15) is 17.6 Å². The highest BCUT2D eigenvalue weighted by Crippen LogP contribution is 2.39. The second-order valence-corrected chi connectivity index (χ2v) is 7.23. The molecule has 1 amide bonds. The van der Waals surface area contributed by atoms with Crippen LogP contribution in [-0.4, -0.2) is 25.7 Å². The molecule has 0 spiro atoms. The number of hydrogen-bond acceptors (Lipinski definition) is 4. The van der Waals surface area contributed by atoms with Crippen LogP contribution in [0.1, 0.15) is 33.5 Å². The van der Waals surface area contributed by atoms with Crippen LogP contribution < -0.4 is 14.4 Å². The predicted molar refractivity (Wildman–Crippen MR) is 91.1 cm³/mol. The number of benzene rings is 1. The smallest absolute Gasteiger partial charge is 0.268 e. The molecule has 23 heavy (non-hydrogen) atoms. The molecule has 1 aromatic heterocycles. The van der Waals surface area contributed by atoms with Gasteiger partial charge in [0.15, 0.2) is 0 Å². The third-order valence-electron chi connectivity index (χ3n) is 4.43. The molecule has 0 saturated heterocycles. The summed E-state index contributed by atoms with van der Waals surface area (Å²) < 4.78 is 11.2. The maximum Gasteiger partial charge on any atom is 0.268 e. The first-order chi connectivity index (χ1) is 11.2. The number of ether oxygens (including phenoxy) is 2. The maximum atomic E-state index is 13.1. The summed E-state index contributed by atoms with van der Waals surface area (Å²) in [5.74, 6) is 1.53. The van der Waals surface area contributed by atoms with Gasteiger partial charge in [-0.2, -0.15) is 0 Å². The average molecular weight is 329 g/mol. The van der Waals surface area contributed by atoms with Crippen molar-refractivity contribution in [3.63, 3.8) is 0 Å². The van der Waals surface area contributed by atoms with E-state index in [0.29, 0.717) is 6.54 Å². The number of amides is 1. The molecule has 2 aliphatic rings. The lowest BCUT2D eigenvalue weighted by Gasteiger charge is -2.33. The lowest BCUT2D eigenvalue weighted by molar-refractivity contribution is 0.0965. The molecule has 2 aromatic rings. The van der Waals surface area contributed by atoms with Crippen LogP contribution in [0.2, 0.25) is 0 Å². The van der Waals surface area contributed by atoms with Crippen molar-refractivity contribution in [3.8, 4) is 11.5 Å². The molecule has 0 N–H and O–H groups in total. The lowest BCUT2D eigenvalue weighted by Crippen LogP contribution is -2.42. The third-order valence-corrected chi connectivity index (χ3v) is 5.65. The highest BCUT2D eigenvalue weighted by Gasteiger charge is 2.30. The van der Waals surface area contributed by atoms with Crippen LogP contribution in [0.4, 0.5) is 5.69 Å². The largest absolute Gasteiger partial charge is 0.497 e. The Morgan fingerprint density at radius 3 is 3.00 bits per heavy atom. The zero-order chi connectivity index (χ0) is 16.0. The molecule has 1 atom stereocenters. The van der Waals surface area contributed by atoms with Crippen LogP contribution in [0.3, 0.4) is 0 Å². The number of fused-ring (bicyclic) bond motifs is 2. The third kappa shape index (κ3) is 2.49. The fraction of sp³-hybridized carbons (Fsp3) is 0.389. The molecule has 0 bridgehead atoms. The van der Waals surface area contributed by atoms with E-state index in [1.54, 1.807) is 18.4 Å². The Kier molecular flexibility index (Phi) is 3.53. The zero-order valence-electron chi connectivity index (χ0n) is 13.3. The summed E-state index contributed by atoms with van der Waals surface area (Å²) >= 11 is 1.65. The first-order valence-corrected chi connectivity index (χ1v) is 8.75. The van der Waals surface area contributed by atoms with E-state index in [0.717, 1.165) is 34.9 Å². The van der Waals surface area contributed by atoms with Gasteiger partial charge in [0.05, 0.1) is 24.2 Å². The van der Waals surface area contributed by atoms with Gasteiger partial charge in [0.2, 0.25) is 0 Å². The van der Waals surface area contributed by atoms with Crippen molar-refractivity contribution in [2.45, 2.75) is 32.3 Å². The van der Waals surface area contributed by atoms with Gasteiger partial charge < -0.3 is 14.4 Å². The minimum absolute atomic E-state index is 0.0216. The molecule has 120 valence electrons. The quantitative estimate of drug-likeness (QED) is 0.844. The predicted octanol–water partition coefficient (Wildman–Crippen LogP) is 3.67. The average Bonchev–Trinajstić information content (AvgIpc) is 3.14. The fourth-order valence-corrected chi connectivity index (χ4v) is 4.51. The lowest BCUT2D eigenvalue weighted by atomic mass is 10.1. The molecule has 4 nitrogen and oxygen atoms in total. The highest BCUT2D eigenvalue weighted by molar-refractivity contribution is 7.14. The van der Waals surface area contributed by atoms with Gasteiger partial charge in [-0.1, -0.05) is 0 Å². The normalized spacial score (nSPS) is 19.0. The van der Waals surface area contributed by atoms with Gasteiger partial charge in [0.25, 0.3) is 5.91 Å². The molecular weight excluding hydrogens is 310 g/mol. The summed E-state index contributed by atoms with van der Waals surface area (Å²) in [5, 5.41) is 0. The van der Waals surface area contributed by atoms with Crippen LogP contribution in [0.15, 0.2) is 24.3 Å². The Bertz CT molecular complexity index is 746. The van der Waals surface area contributed by atoms with Gasteiger partial charge in [0, 0.05) is 10.9 Å². The van der Waals surface area contributed by atoms with Gasteiger partial charge in [-0.15, -0.1) is 11.3 Å². The topological polar surface area (TPSA) is 38.8 Å². The van der Waals surface area contributed by atoms with Crippen molar-refractivity contribution in [3.05, 3.63) is 39.6 Å². The molecule has 5 heteroatoms. The number of aryl methyl sites for hydroxylation is 2. The van der Waals surface area contributed by atoms with Gasteiger partial charge in [-0.05, 0) is 49.9 Å². The first kappa shape index (κ1) is 14.6. The van der Waals surface area contributed by atoms with Crippen LogP contribution in [0, 0.1) is 0 Å². The Morgan fingerprint density at radius 2 is 2.22 bits per heavy atom. The van der Waals surface area contributed by atoms with Gasteiger partial charge >= 0.3 is 0 Å². The van der Waals surface area contributed by atoms with Crippen LogP contribution in [0.25, 0.3) is 0 Å². The second-order valence-electron chi connectivity index (χ2n) is 6.09. The molecule has 4 rings (SSSR count). The number of rotatable bonds is 2.